The number of amides is 1. The van der Waals surface area contributed by atoms with E-state index in [0.717, 1.165) is 18.8 Å². The zero-order valence-electron chi connectivity index (χ0n) is 15.9. The fourth-order valence-electron chi connectivity index (χ4n) is 3.78. The molecule has 1 aliphatic heterocycles. The summed E-state index contributed by atoms with van der Waals surface area (Å²) in [4.78, 5) is 16.9. The maximum absolute atomic E-state index is 12.9. The molecule has 1 saturated heterocycles. The molecule has 2 aliphatic rings. The molecular weight excluding hydrogens is 344 g/mol. The highest BCUT2D eigenvalue weighted by molar-refractivity contribution is 5.77. The Balaban J connectivity index is 1.36. The van der Waals surface area contributed by atoms with Crippen LogP contribution in [-0.2, 0) is 4.79 Å². The highest BCUT2D eigenvalue weighted by atomic mass is 16.5. The Morgan fingerprint density at radius 2 is 1.89 bits per heavy atom. The molecule has 1 saturated carbocycles. The van der Waals surface area contributed by atoms with Crippen LogP contribution in [0.2, 0.25) is 0 Å². The number of nitrogens with zero attached hydrogens (tertiary/aromatic N) is 4. The van der Waals surface area contributed by atoms with E-state index in [1.807, 2.05) is 21.9 Å². The SMILES string of the molecule is COc1ccc(C(CC(=O)N2CCN(c3nnc(C)o3)CC2)C2CC2)cc1. The molecule has 27 heavy (non-hydrogen) atoms. The molecule has 1 unspecified atom stereocenters. The molecule has 2 aromatic rings. The van der Waals surface area contributed by atoms with Crippen molar-refractivity contribution in [2.45, 2.75) is 32.1 Å². The van der Waals surface area contributed by atoms with Gasteiger partial charge in [0.05, 0.1) is 7.11 Å². The molecule has 4 rings (SSSR count). The second-order valence-corrected chi connectivity index (χ2v) is 7.39. The number of rotatable bonds is 6. The molecule has 0 spiro atoms. The number of carbonyl (C=O) groups is 1. The summed E-state index contributed by atoms with van der Waals surface area (Å²) in [6, 6.07) is 8.73. The molecule has 1 aromatic carbocycles. The van der Waals surface area contributed by atoms with E-state index < -0.39 is 0 Å². The molecule has 1 aromatic heterocycles. The van der Waals surface area contributed by atoms with Crippen LogP contribution in [0.5, 0.6) is 5.75 Å². The van der Waals surface area contributed by atoms with E-state index in [1.54, 1.807) is 14.0 Å². The molecule has 7 nitrogen and oxygen atoms in total. The Hall–Kier alpha value is -2.57. The van der Waals surface area contributed by atoms with Gasteiger partial charge in [-0.2, -0.15) is 0 Å². The van der Waals surface area contributed by atoms with E-state index in [-0.39, 0.29) is 5.91 Å². The van der Waals surface area contributed by atoms with Crippen LogP contribution >= 0.6 is 0 Å². The van der Waals surface area contributed by atoms with Gasteiger partial charge in [-0.15, -0.1) is 5.10 Å². The minimum absolute atomic E-state index is 0.240. The average molecular weight is 370 g/mol. The maximum atomic E-state index is 12.9. The first-order valence-corrected chi connectivity index (χ1v) is 9.61. The number of anilines is 1. The van der Waals surface area contributed by atoms with Gasteiger partial charge in [0.15, 0.2) is 0 Å². The highest BCUT2D eigenvalue weighted by Gasteiger charge is 2.35. The normalized spacial score (nSPS) is 18.4. The average Bonchev–Trinajstić information content (AvgIpc) is 3.46. The number of ether oxygens (including phenoxy) is 1. The summed E-state index contributed by atoms with van der Waals surface area (Å²) in [6.45, 7) is 4.63. The first kappa shape index (κ1) is 17.8. The van der Waals surface area contributed by atoms with Gasteiger partial charge < -0.3 is 19.0 Å². The standard InChI is InChI=1S/C20H26N4O3/c1-14-21-22-20(27-14)24-11-9-23(10-12-24)19(25)13-18(15-3-4-15)16-5-7-17(26-2)8-6-16/h5-8,15,18H,3-4,9-13H2,1-2H3. The van der Waals surface area contributed by atoms with Crippen LogP contribution in [0, 0.1) is 12.8 Å². The highest BCUT2D eigenvalue weighted by Crippen LogP contribution is 2.45. The lowest BCUT2D eigenvalue weighted by Gasteiger charge is -2.34. The number of aromatic nitrogens is 2. The Morgan fingerprint density at radius 1 is 1.19 bits per heavy atom. The van der Waals surface area contributed by atoms with Gasteiger partial charge in [0.25, 0.3) is 0 Å². The van der Waals surface area contributed by atoms with Crippen LogP contribution in [-0.4, -0.2) is 54.3 Å². The predicted molar refractivity (Wildman–Crippen MR) is 101 cm³/mol. The molecule has 2 heterocycles. The van der Waals surface area contributed by atoms with Crippen molar-refractivity contribution >= 4 is 11.9 Å². The molecule has 144 valence electrons. The lowest BCUT2D eigenvalue weighted by atomic mass is 9.90. The molecule has 1 atom stereocenters. The van der Waals surface area contributed by atoms with E-state index in [0.29, 0.717) is 43.3 Å². The summed E-state index contributed by atoms with van der Waals surface area (Å²) in [5.74, 6) is 2.59. The van der Waals surface area contributed by atoms with Crippen molar-refractivity contribution in [3.8, 4) is 5.75 Å². The summed E-state index contributed by atoms with van der Waals surface area (Å²) in [7, 11) is 1.67. The first-order chi connectivity index (χ1) is 13.1. The van der Waals surface area contributed by atoms with Gasteiger partial charge in [-0.1, -0.05) is 17.2 Å². The van der Waals surface area contributed by atoms with E-state index in [1.165, 1.54) is 18.4 Å². The van der Waals surface area contributed by atoms with Crippen molar-refractivity contribution in [3.63, 3.8) is 0 Å². The number of hydrogen-bond acceptors (Lipinski definition) is 6. The second kappa shape index (κ2) is 7.58. The predicted octanol–water partition coefficient (Wildman–Crippen LogP) is 2.62. The fraction of sp³-hybridized carbons (Fsp3) is 0.550. The lowest BCUT2D eigenvalue weighted by Crippen LogP contribution is -2.49. The van der Waals surface area contributed by atoms with Crippen LogP contribution in [0.4, 0.5) is 6.01 Å². The topological polar surface area (TPSA) is 71.7 Å². The van der Waals surface area contributed by atoms with Crippen molar-refractivity contribution in [2.75, 3.05) is 38.2 Å². The van der Waals surface area contributed by atoms with E-state index in [4.69, 9.17) is 9.15 Å². The minimum atomic E-state index is 0.240. The Morgan fingerprint density at radius 3 is 2.44 bits per heavy atom. The van der Waals surface area contributed by atoms with Crippen LogP contribution in [0.3, 0.4) is 0 Å². The third-order valence-corrected chi connectivity index (χ3v) is 5.55. The monoisotopic (exact) mass is 370 g/mol. The van der Waals surface area contributed by atoms with E-state index in [9.17, 15) is 4.79 Å². The molecule has 7 heteroatoms. The molecule has 1 aliphatic carbocycles. The summed E-state index contributed by atoms with van der Waals surface area (Å²) >= 11 is 0. The lowest BCUT2D eigenvalue weighted by molar-refractivity contribution is -0.132. The van der Waals surface area contributed by atoms with Gasteiger partial charge in [-0.25, -0.2) is 0 Å². The largest absolute Gasteiger partial charge is 0.497 e. The van der Waals surface area contributed by atoms with Gasteiger partial charge in [-0.05, 0) is 42.4 Å². The minimum Gasteiger partial charge on any atom is -0.497 e. The number of aryl methyl sites for hydroxylation is 1. The number of methoxy groups -OCH3 is 1. The van der Waals surface area contributed by atoms with Crippen molar-refractivity contribution < 1.29 is 13.9 Å². The zero-order chi connectivity index (χ0) is 18.8. The zero-order valence-corrected chi connectivity index (χ0v) is 15.9. The van der Waals surface area contributed by atoms with Crippen molar-refractivity contribution in [1.29, 1.82) is 0 Å². The van der Waals surface area contributed by atoms with Crippen LogP contribution in [0.25, 0.3) is 0 Å². The summed E-state index contributed by atoms with van der Waals surface area (Å²) in [6.07, 6.45) is 3.01. The third-order valence-electron chi connectivity index (χ3n) is 5.55. The van der Waals surface area contributed by atoms with Crippen LogP contribution in [0.1, 0.15) is 36.6 Å². The fourth-order valence-corrected chi connectivity index (χ4v) is 3.78. The van der Waals surface area contributed by atoms with Crippen molar-refractivity contribution in [2.24, 2.45) is 5.92 Å². The maximum Gasteiger partial charge on any atom is 0.318 e. The van der Waals surface area contributed by atoms with Gasteiger partial charge in [0.2, 0.25) is 11.8 Å². The Bertz CT molecular complexity index is 777. The number of benzene rings is 1. The third kappa shape index (κ3) is 4.07. The molecule has 0 N–H and O–H groups in total. The molecular formula is C20H26N4O3. The number of hydrogen-bond donors (Lipinski definition) is 0. The molecule has 2 fully saturated rings. The van der Waals surface area contributed by atoms with Gasteiger partial charge in [0, 0.05) is 39.5 Å². The second-order valence-electron chi connectivity index (χ2n) is 7.39. The summed E-state index contributed by atoms with van der Waals surface area (Å²) < 4.78 is 10.7. The Labute approximate surface area is 159 Å². The smallest absolute Gasteiger partial charge is 0.318 e. The van der Waals surface area contributed by atoms with E-state index in [2.05, 4.69) is 22.3 Å². The molecule has 0 radical (unpaired) electrons. The molecule has 1 amide bonds. The quantitative estimate of drug-likeness (QED) is 0.778. The Kier molecular flexibility index (Phi) is 5.01. The number of carbonyl (C=O) groups excluding carboxylic acids is 1. The van der Waals surface area contributed by atoms with Crippen molar-refractivity contribution in [3.05, 3.63) is 35.7 Å². The summed E-state index contributed by atoms with van der Waals surface area (Å²) in [5, 5.41) is 7.95. The molecule has 0 bridgehead atoms. The van der Waals surface area contributed by atoms with Crippen LogP contribution in [0.15, 0.2) is 28.7 Å². The van der Waals surface area contributed by atoms with Gasteiger partial charge in [-0.3, -0.25) is 4.79 Å². The van der Waals surface area contributed by atoms with Gasteiger partial charge in [0.1, 0.15) is 5.75 Å². The van der Waals surface area contributed by atoms with Crippen LogP contribution < -0.4 is 9.64 Å². The van der Waals surface area contributed by atoms with Crippen molar-refractivity contribution in [1.82, 2.24) is 15.1 Å². The van der Waals surface area contributed by atoms with Gasteiger partial charge >= 0.3 is 6.01 Å². The first-order valence-electron chi connectivity index (χ1n) is 9.61. The summed E-state index contributed by atoms with van der Waals surface area (Å²) in [5.41, 5.74) is 1.24. The number of piperazine rings is 1. The van der Waals surface area contributed by atoms with E-state index >= 15 is 0 Å².